The average Bonchev–Trinajstić information content (AvgIpc) is 3.04. The van der Waals surface area contributed by atoms with Crippen molar-refractivity contribution in [3.05, 3.63) is 17.7 Å². The van der Waals surface area contributed by atoms with Gasteiger partial charge in [0.2, 0.25) is 0 Å². The van der Waals surface area contributed by atoms with E-state index in [-0.39, 0.29) is 24.0 Å². The second-order valence-corrected chi connectivity index (χ2v) is 6.94. The van der Waals surface area contributed by atoms with Gasteiger partial charge in [-0.1, -0.05) is 0 Å². The van der Waals surface area contributed by atoms with Crippen molar-refractivity contribution < 1.29 is 13.2 Å². The van der Waals surface area contributed by atoms with E-state index < -0.39 is 12.2 Å². The Morgan fingerprint density at radius 1 is 1.22 bits per heavy atom. The molecule has 1 N–H and O–H groups in total. The molecule has 2 aliphatic rings. The molecule has 2 aliphatic heterocycles. The average molecular weight is 500 g/mol. The van der Waals surface area contributed by atoms with Gasteiger partial charge in [0.15, 0.2) is 5.96 Å². The third-order valence-corrected chi connectivity index (χ3v) is 5.23. The summed E-state index contributed by atoms with van der Waals surface area (Å²) in [6, 6.07) is -1.41. The lowest BCUT2D eigenvalue weighted by Crippen LogP contribution is -2.56. The third kappa shape index (κ3) is 5.49. The summed E-state index contributed by atoms with van der Waals surface area (Å²) in [6.45, 7) is 4.63. The maximum atomic E-state index is 12.9. The molecule has 1 atom stereocenters. The van der Waals surface area contributed by atoms with Crippen LogP contribution in [0.1, 0.15) is 31.3 Å². The number of aliphatic imine (C=N–C) groups is 1. The highest BCUT2D eigenvalue weighted by molar-refractivity contribution is 14.0. The van der Waals surface area contributed by atoms with E-state index in [1.807, 2.05) is 4.90 Å². The van der Waals surface area contributed by atoms with Gasteiger partial charge in [0.25, 0.3) is 0 Å². The minimum absolute atomic E-state index is 0. The molecule has 1 aromatic rings. The normalized spacial score (nSPS) is 20.0. The first-order valence-electron chi connectivity index (χ1n) is 9.20. The highest BCUT2D eigenvalue weighted by atomic mass is 127. The van der Waals surface area contributed by atoms with Crippen molar-refractivity contribution in [3.8, 4) is 0 Å². The molecule has 1 fully saturated rings. The van der Waals surface area contributed by atoms with Crippen LogP contribution in [0, 0.1) is 0 Å². The second-order valence-electron chi connectivity index (χ2n) is 6.94. The number of aryl methyl sites for hydroxylation is 2. The van der Waals surface area contributed by atoms with Crippen LogP contribution in [-0.4, -0.2) is 70.8 Å². The van der Waals surface area contributed by atoms with Crippen LogP contribution in [0.25, 0.3) is 0 Å². The van der Waals surface area contributed by atoms with Crippen molar-refractivity contribution in [2.45, 2.75) is 51.5 Å². The molecule has 3 rings (SSSR count). The molecular formula is C17H28F3IN6. The van der Waals surface area contributed by atoms with Gasteiger partial charge in [-0.3, -0.25) is 9.89 Å². The van der Waals surface area contributed by atoms with Crippen LogP contribution in [0.5, 0.6) is 0 Å². The fraction of sp³-hybridized carbons (Fsp3) is 0.765. The smallest absolute Gasteiger partial charge is 0.351 e. The van der Waals surface area contributed by atoms with Crippen LogP contribution in [0.4, 0.5) is 13.2 Å². The zero-order valence-corrected chi connectivity index (χ0v) is 18.1. The summed E-state index contributed by atoms with van der Waals surface area (Å²) in [5, 5.41) is 3.30. The zero-order valence-electron chi connectivity index (χ0n) is 15.8. The molecule has 0 spiro atoms. The minimum Gasteiger partial charge on any atom is -0.351 e. The number of rotatable bonds is 3. The van der Waals surface area contributed by atoms with Gasteiger partial charge in [-0.25, -0.2) is 4.98 Å². The number of guanidine groups is 1. The van der Waals surface area contributed by atoms with E-state index in [1.54, 1.807) is 7.05 Å². The van der Waals surface area contributed by atoms with E-state index in [4.69, 9.17) is 0 Å². The van der Waals surface area contributed by atoms with Crippen molar-refractivity contribution in [2.24, 2.45) is 4.99 Å². The number of halogens is 4. The minimum atomic E-state index is -4.18. The van der Waals surface area contributed by atoms with E-state index in [9.17, 15) is 13.2 Å². The Hall–Kier alpha value is -1.04. The number of piperazine rings is 1. The molecule has 1 unspecified atom stereocenters. The quantitative estimate of drug-likeness (QED) is 0.394. The Morgan fingerprint density at radius 3 is 2.52 bits per heavy atom. The summed E-state index contributed by atoms with van der Waals surface area (Å²) >= 11 is 0. The molecule has 27 heavy (non-hydrogen) atoms. The van der Waals surface area contributed by atoms with Crippen LogP contribution in [0.15, 0.2) is 11.2 Å². The van der Waals surface area contributed by atoms with Crippen LogP contribution in [-0.2, 0) is 19.5 Å². The zero-order chi connectivity index (χ0) is 18.7. The van der Waals surface area contributed by atoms with Gasteiger partial charge < -0.3 is 14.8 Å². The van der Waals surface area contributed by atoms with E-state index >= 15 is 0 Å². The lowest BCUT2D eigenvalue weighted by Gasteiger charge is -2.39. The number of nitrogens with one attached hydrogen (secondary N) is 1. The first-order chi connectivity index (χ1) is 12.4. The Balaban J connectivity index is 0.00000261. The monoisotopic (exact) mass is 500 g/mol. The number of hydrogen-bond donors (Lipinski definition) is 1. The molecule has 0 amide bonds. The Bertz CT molecular complexity index is 614. The summed E-state index contributed by atoms with van der Waals surface area (Å²) in [5.41, 5.74) is 0.979. The molecule has 0 aromatic carbocycles. The highest BCUT2D eigenvalue weighted by Gasteiger charge is 2.41. The maximum absolute atomic E-state index is 12.9. The first kappa shape index (κ1) is 22.3. The largest absolute Gasteiger partial charge is 0.403 e. The van der Waals surface area contributed by atoms with Crippen molar-refractivity contribution in [3.63, 3.8) is 0 Å². The summed E-state index contributed by atoms with van der Waals surface area (Å²) in [7, 11) is 1.70. The van der Waals surface area contributed by atoms with Crippen molar-refractivity contribution in [1.82, 2.24) is 24.7 Å². The maximum Gasteiger partial charge on any atom is 0.403 e. The number of hydrogen-bond acceptors (Lipinski definition) is 3. The first-order valence-corrected chi connectivity index (χ1v) is 9.20. The molecule has 154 valence electrons. The van der Waals surface area contributed by atoms with Gasteiger partial charge in [-0.2, -0.15) is 13.2 Å². The van der Waals surface area contributed by atoms with E-state index in [0.29, 0.717) is 32.7 Å². The molecule has 0 saturated carbocycles. The Kier molecular flexibility index (Phi) is 7.78. The number of imidazole rings is 1. The number of fused-ring (bicyclic) bond motifs is 1. The summed E-state index contributed by atoms with van der Waals surface area (Å²) < 4.78 is 40.8. The van der Waals surface area contributed by atoms with E-state index in [1.165, 1.54) is 24.7 Å². The van der Waals surface area contributed by atoms with Crippen molar-refractivity contribution >= 4 is 29.9 Å². The topological polar surface area (TPSA) is 48.7 Å². The molecule has 1 saturated heterocycles. The molecule has 10 heteroatoms. The van der Waals surface area contributed by atoms with Crippen LogP contribution in [0.3, 0.4) is 0 Å². The van der Waals surface area contributed by atoms with E-state index in [2.05, 4.69) is 26.1 Å². The predicted octanol–water partition coefficient (Wildman–Crippen LogP) is 2.48. The Labute approximate surface area is 175 Å². The molecule has 0 aliphatic carbocycles. The van der Waals surface area contributed by atoms with Crippen molar-refractivity contribution in [2.75, 3.05) is 33.2 Å². The SMILES string of the molecule is CN=C(NCc1cn2c(n1)CCCC2)N1CCN(C(C)C(F)(F)F)CC1.I. The lowest BCUT2D eigenvalue weighted by atomic mass is 10.2. The summed E-state index contributed by atoms with van der Waals surface area (Å²) in [5.74, 6) is 1.85. The van der Waals surface area contributed by atoms with Crippen LogP contribution < -0.4 is 5.32 Å². The number of aromatic nitrogens is 2. The van der Waals surface area contributed by atoms with Crippen LogP contribution in [0.2, 0.25) is 0 Å². The van der Waals surface area contributed by atoms with Gasteiger partial charge in [0.05, 0.1) is 12.2 Å². The van der Waals surface area contributed by atoms with Gasteiger partial charge in [-0.15, -0.1) is 24.0 Å². The standard InChI is InChI=1S/C17H27F3N6.HI/c1-13(17(18,19)20)24-7-9-25(10-8-24)16(21-2)22-11-14-12-26-6-4-3-5-15(26)23-14;/h12-13H,3-11H2,1-2H3,(H,21,22);1H. The predicted molar refractivity (Wildman–Crippen MR) is 109 cm³/mol. The van der Waals surface area contributed by atoms with Crippen LogP contribution >= 0.6 is 24.0 Å². The number of alkyl halides is 3. The van der Waals surface area contributed by atoms with Gasteiger partial charge >= 0.3 is 6.18 Å². The fourth-order valence-corrected chi connectivity index (χ4v) is 3.59. The summed E-state index contributed by atoms with van der Waals surface area (Å²) in [4.78, 5) is 12.4. The molecular weight excluding hydrogens is 472 g/mol. The molecule has 0 radical (unpaired) electrons. The van der Waals surface area contributed by atoms with E-state index in [0.717, 1.165) is 30.4 Å². The second kappa shape index (κ2) is 9.44. The lowest BCUT2D eigenvalue weighted by molar-refractivity contribution is -0.181. The number of nitrogens with zero attached hydrogens (tertiary/aromatic N) is 5. The van der Waals surface area contributed by atoms with Gasteiger partial charge in [0, 0.05) is 52.4 Å². The Morgan fingerprint density at radius 2 is 1.93 bits per heavy atom. The third-order valence-electron chi connectivity index (χ3n) is 5.23. The highest BCUT2D eigenvalue weighted by Crippen LogP contribution is 2.25. The summed E-state index contributed by atoms with van der Waals surface area (Å²) in [6.07, 6.45) is 1.30. The van der Waals surface area contributed by atoms with Gasteiger partial charge in [-0.05, 0) is 19.8 Å². The molecule has 3 heterocycles. The molecule has 1 aromatic heterocycles. The molecule has 0 bridgehead atoms. The van der Waals surface area contributed by atoms with Gasteiger partial charge in [0.1, 0.15) is 11.9 Å². The molecule has 6 nitrogen and oxygen atoms in total. The fourth-order valence-electron chi connectivity index (χ4n) is 3.59. The van der Waals surface area contributed by atoms with Crippen molar-refractivity contribution in [1.29, 1.82) is 0 Å².